The summed E-state index contributed by atoms with van der Waals surface area (Å²) < 4.78 is 26.5. The van der Waals surface area contributed by atoms with Crippen molar-refractivity contribution in [3.05, 3.63) is 16.0 Å². The molecule has 2 heterocycles. The van der Waals surface area contributed by atoms with Crippen LogP contribution in [0, 0.1) is 5.92 Å². The van der Waals surface area contributed by atoms with Gasteiger partial charge in [-0.1, -0.05) is 13.8 Å². The van der Waals surface area contributed by atoms with Crippen molar-refractivity contribution >= 4 is 27.3 Å². The molecular formula is C13H20N2O4S2. The summed E-state index contributed by atoms with van der Waals surface area (Å²) >= 11 is 1.08. The number of fused-ring (bicyclic) bond motifs is 1. The Kier molecular flexibility index (Phi) is 4.72. The lowest BCUT2D eigenvalue weighted by Crippen LogP contribution is -2.31. The third-order valence-corrected chi connectivity index (χ3v) is 6.93. The zero-order chi connectivity index (χ0) is 15.8. The van der Waals surface area contributed by atoms with Gasteiger partial charge in [-0.2, -0.15) is 4.31 Å². The standard InChI is InChI=1S/C13H20N2O4S2/c1-8(2)7-15(3)21(18,19)13-11(12(16)17)9-4-5-14-6-10(9)20-13/h8,14H,4-7H2,1-3H3,(H,16,17). The van der Waals surface area contributed by atoms with Gasteiger partial charge in [0.15, 0.2) is 0 Å². The first-order valence-electron chi connectivity index (χ1n) is 6.80. The summed E-state index contributed by atoms with van der Waals surface area (Å²) in [4.78, 5) is 12.4. The maximum atomic E-state index is 12.7. The zero-order valence-corrected chi connectivity index (χ0v) is 14.0. The van der Waals surface area contributed by atoms with Crippen molar-refractivity contribution in [1.29, 1.82) is 0 Å². The molecule has 2 N–H and O–H groups in total. The normalized spacial score (nSPS) is 15.5. The van der Waals surface area contributed by atoms with Crippen LogP contribution in [0.2, 0.25) is 0 Å². The summed E-state index contributed by atoms with van der Waals surface area (Å²) in [5.41, 5.74) is 0.634. The fourth-order valence-electron chi connectivity index (χ4n) is 2.46. The SMILES string of the molecule is CC(C)CN(C)S(=O)(=O)c1sc2c(c1C(=O)O)CCNC2. The molecule has 1 aliphatic heterocycles. The van der Waals surface area contributed by atoms with Gasteiger partial charge in [0.1, 0.15) is 4.21 Å². The molecule has 1 aliphatic rings. The van der Waals surface area contributed by atoms with Crippen molar-refractivity contribution in [2.75, 3.05) is 20.1 Å². The Hall–Kier alpha value is -0.960. The summed E-state index contributed by atoms with van der Waals surface area (Å²) in [6.45, 7) is 5.41. The number of carbonyl (C=O) groups is 1. The van der Waals surface area contributed by atoms with E-state index in [1.165, 1.54) is 11.4 Å². The second kappa shape index (κ2) is 6.04. The number of nitrogens with zero attached hydrogens (tertiary/aromatic N) is 1. The third-order valence-electron chi connectivity index (χ3n) is 3.38. The first kappa shape index (κ1) is 16.4. The van der Waals surface area contributed by atoms with Crippen molar-refractivity contribution < 1.29 is 18.3 Å². The fraction of sp³-hybridized carbons (Fsp3) is 0.615. The number of hydrogen-bond donors (Lipinski definition) is 2. The first-order chi connectivity index (χ1) is 9.75. The lowest BCUT2D eigenvalue weighted by atomic mass is 10.1. The van der Waals surface area contributed by atoms with Gasteiger partial charge >= 0.3 is 5.97 Å². The smallest absolute Gasteiger partial charge is 0.338 e. The lowest BCUT2D eigenvalue weighted by Gasteiger charge is -2.18. The van der Waals surface area contributed by atoms with Gasteiger partial charge in [0.05, 0.1) is 5.56 Å². The van der Waals surface area contributed by atoms with Crippen molar-refractivity contribution in [2.24, 2.45) is 5.92 Å². The van der Waals surface area contributed by atoms with Crippen LogP contribution in [-0.2, 0) is 23.0 Å². The Morgan fingerprint density at radius 3 is 2.71 bits per heavy atom. The molecule has 0 spiro atoms. The molecule has 1 aromatic rings. The van der Waals surface area contributed by atoms with Crippen LogP contribution >= 0.6 is 11.3 Å². The Morgan fingerprint density at radius 2 is 2.14 bits per heavy atom. The van der Waals surface area contributed by atoms with Crippen molar-refractivity contribution in [2.45, 2.75) is 31.0 Å². The maximum Gasteiger partial charge on any atom is 0.338 e. The molecule has 0 aliphatic carbocycles. The average molecular weight is 332 g/mol. The van der Waals surface area contributed by atoms with Crippen LogP contribution in [0.15, 0.2) is 4.21 Å². The molecule has 0 aromatic carbocycles. The van der Waals surface area contributed by atoms with Crippen LogP contribution in [0.5, 0.6) is 0 Å². The van der Waals surface area contributed by atoms with Gasteiger partial charge in [-0.15, -0.1) is 11.3 Å². The van der Waals surface area contributed by atoms with E-state index in [0.29, 0.717) is 31.6 Å². The summed E-state index contributed by atoms with van der Waals surface area (Å²) in [7, 11) is -2.26. The molecule has 0 saturated carbocycles. The molecule has 0 atom stereocenters. The van der Waals surface area contributed by atoms with Gasteiger partial charge in [0, 0.05) is 25.0 Å². The van der Waals surface area contributed by atoms with E-state index >= 15 is 0 Å². The highest BCUT2D eigenvalue weighted by molar-refractivity contribution is 7.91. The molecule has 0 amide bonds. The van der Waals surface area contributed by atoms with Gasteiger partial charge in [-0.3, -0.25) is 0 Å². The van der Waals surface area contributed by atoms with E-state index in [9.17, 15) is 18.3 Å². The number of aromatic carboxylic acids is 1. The fourth-order valence-corrected chi connectivity index (χ4v) is 5.85. The molecule has 0 radical (unpaired) electrons. The first-order valence-corrected chi connectivity index (χ1v) is 9.05. The predicted octanol–water partition coefficient (Wildman–Crippen LogP) is 1.37. The lowest BCUT2D eigenvalue weighted by molar-refractivity contribution is 0.0692. The molecule has 6 nitrogen and oxygen atoms in total. The summed E-state index contributed by atoms with van der Waals surface area (Å²) in [5.74, 6) is -0.986. The quantitative estimate of drug-likeness (QED) is 0.850. The third kappa shape index (κ3) is 3.13. The summed E-state index contributed by atoms with van der Waals surface area (Å²) in [5, 5.41) is 12.6. The molecule has 21 heavy (non-hydrogen) atoms. The molecular weight excluding hydrogens is 312 g/mol. The number of sulfonamides is 1. The van der Waals surface area contributed by atoms with Gasteiger partial charge < -0.3 is 10.4 Å². The average Bonchev–Trinajstić information content (AvgIpc) is 2.77. The topological polar surface area (TPSA) is 86.7 Å². The number of carboxylic acid groups (broad SMARTS) is 1. The molecule has 1 aromatic heterocycles. The van der Waals surface area contributed by atoms with Crippen molar-refractivity contribution in [3.8, 4) is 0 Å². The highest BCUT2D eigenvalue weighted by atomic mass is 32.2. The maximum absolute atomic E-state index is 12.7. The van der Waals surface area contributed by atoms with E-state index in [1.807, 2.05) is 13.8 Å². The molecule has 0 fully saturated rings. The van der Waals surface area contributed by atoms with Crippen molar-refractivity contribution in [1.82, 2.24) is 9.62 Å². The summed E-state index contributed by atoms with van der Waals surface area (Å²) in [6.07, 6.45) is 0.552. The van der Waals surface area contributed by atoms with Gasteiger partial charge in [0.25, 0.3) is 10.0 Å². The second-order valence-corrected chi connectivity index (χ2v) is 8.92. The monoisotopic (exact) mass is 332 g/mol. The van der Waals surface area contributed by atoms with E-state index in [2.05, 4.69) is 5.32 Å². The van der Waals surface area contributed by atoms with Crippen LogP contribution in [0.4, 0.5) is 0 Å². The van der Waals surface area contributed by atoms with Gasteiger partial charge in [0.2, 0.25) is 0 Å². The number of carboxylic acids is 1. The Labute approximate surface area is 128 Å². The molecule has 0 bridgehead atoms. The Balaban J connectivity index is 2.53. The highest BCUT2D eigenvalue weighted by Gasteiger charge is 2.34. The largest absolute Gasteiger partial charge is 0.478 e. The molecule has 118 valence electrons. The molecule has 8 heteroatoms. The Bertz CT molecular complexity index is 649. The minimum atomic E-state index is -3.76. The minimum Gasteiger partial charge on any atom is -0.478 e. The van der Waals surface area contributed by atoms with Crippen LogP contribution in [0.3, 0.4) is 0 Å². The van der Waals surface area contributed by atoms with Crippen LogP contribution in [-0.4, -0.2) is 43.9 Å². The van der Waals surface area contributed by atoms with E-state index in [4.69, 9.17) is 0 Å². The molecule has 0 saturated heterocycles. The second-order valence-electron chi connectivity index (χ2n) is 5.58. The summed E-state index contributed by atoms with van der Waals surface area (Å²) in [6, 6.07) is 0. The number of thiophene rings is 1. The minimum absolute atomic E-state index is 0.0351. The van der Waals surface area contributed by atoms with E-state index < -0.39 is 16.0 Å². The van der Waals surface area contributed by atoms with Gasteiger partial charge in [-0.25, -0.2) is 13.2 Å². The van der Waals surface area contributed by atoms with Crippen LogP contribution < -0.4 is 5.32 Å². The van der Waals surface area contributed by atoms with Crippen molar-refractivity contribution in [3.63, 3.8) is 0 Å². The van der Waals surface area contributed by atoms with Gasteiger partial charge in [-0.05, 0) is 24.4 Å². The van der Waals surface area contributed by atoms with Crippen LogP contribution in [0.1, 0.15) is 34.6 Å². The van der Waals surface area contributed by atoms with E-state index in [0.717, 1.165) is 16.2 Å². The highest BCUT2D eigenvalue weighted by Crippen LogP contribution is 2.35. The predicted molar refractivity (Wildman–Crippen MR) is 81.3 cm³/mol. The zero-order valence-electron chi connectivity index (χ0n) is 12.3. The van der Waals surface area contributed by atoms with E-state index in [1.54, 1.807) is 0 Å². The van der Waals surface area contributed by atoms with Crippen LogP contribution in [0.25, 0.3) is 0 Å². The Morgan fingerprint density at radius 1 is 1.48 bits per heavy atom. The number of rotatable bonds is 5. The number of nitrogens with one attached hydrogen (secondary N) is 1. The molecule has 0 unspecified atom stereocenters. The van der Waals surface area contributed by atoms with E-state index in [-0.39, 0.29) is 15.7 Å². The molecule has 2 rings (SSSR count). The number of hydrogen-bond acceptors (Lipinski definition) is 5.